The number of fused-ring (bicyclic) bond motifs is 1. The topological polar surface area (TPSA) is 0 Å². The van der Waals surface area contributed by atoms with Gasteiger partial charge in [0.15, 0.2) is 0 Å². The van der Waals surface area contributed by atoms with Crippen LogP contribution in [0, 0.1) is 6.92 Å². The van der Waals surface area contributed by atoms with Gasteiger partial charge >= 0.3 is 0 Å². The summed E-state index contributed by atoms with van der Waals surface area (Å²) in [7, 11) is 0. The Bertz CT molecular complexity index is 424. The molecule has 0 unspecified atom stereocenters. The fourth-order valence-corrected chi connectivity index (χ4v) is 2.81. The van der Waals surface area contributed by atoms with E-state index in [0.29, 0.717) is 5.92 Å². The molecule has 1 heterocycles. The van der Waals surface area contributed by atoms with Gasteiger partial charge in [0.25, 0.3) is 0 Å². The van der Waals surface area contributed by atoms with Crippen molar-refractivity contribution in [3.8, 4) is 0 Å². The van der Waals surface area contributed by atoms with Gasteiger partial charge in [0, 0.05) is 4.70 Å². The van der Waals surface area contributed by atoms with E-state index in [1.54, 1.807) is 0 Å². The second-order valence-electron chi connectivity index (χ2n) is 3.79. The summed E-state index contributed by atoms with van der Waals surface area (Å²) in [6.07, 6.45) is 0. The van der Waals surface area contributed by atoms with Gasteiger partial charge in [-0.25, -0.2) is 0 Å². The van der Waals surface area contributed by atoms with Gasteiger partial charge in [0.05, 0.1) is 0 Å². The summed E-state index contributed by atoms with van der Waals surface area (Å²) in [6, 6.07) is 6.71. The zero-order valence-corrected chi connectivity index (χ0v) is 11.1. The molecule has 0 radical (unpaired) electrons. The Morgan fingerprint density at radius 3 is 2.33 bits per heavy atom. The molecule has 0 saturated heterocycles. The average Bonchev–Trinajstić information content (AvgIpc) is 2.70. The molecule has 0 fully saturated rings. The third kappa shape index (κ3) is 2.40. The second kappa shape index (κ2) is 5.32. The summed E-state index contributed by atoms with van der Waals surface area (Å²) in [5.74, 6) is 0.627. The zero-order valence-electron chi connectivity index (χ0n) is 10.3. The van der Waals surface area contributed by atoms with Crippen LogP contribution in [-0.2, 0) is 0 Å². The molecule has 0 amide bonds. The van der Waals surface area contributed by atoms with E-state index in [1.165, 1.54) is 21.2 Å². The highest BCUT2D eigenvalue weighted by atomic mass is 32.1. The van der Waals surface area contributed by atoms with E-state index < -0.39 is 0 Å². The summed E-state index contributed by atoms with van der Waals surface area (Å²) in [5, 5.41) is 3.61. The first kappa shape index (κ1) is 12.3. The van der Waals surface area contributed by atoms with Crippen molar-refractivity contribution in [1.82, 2.24) is 0 Å². The van der Waals surface area contributed by atoms with Gasteiger partial charge in [-0.3, -0.25) is 0 Å². The summed E-state index contributed by atoms with van der Waals surface area (Å²) < 4.78 is 1.47. The highest BCUT2D eigenvalue weighted by molar-refractivity contribution is 7.17. The Morgan fingerprint density at radius 1 is 1.07 bits per heavy atom. The van der Waals surface area contributed by atoms with Crippen molar-refractivity contribution in [2.75, 3.05) is 0 Å². The number of benzene rings is 1. The van der Waals surface area contributed by atoms with Gasteiger partial charge in [-0.1, -0.05) is 39.8 Å². The molecule has 1 heteroatoms. The van der Waals surface area contributed by atoms with Crippen LogP contribution in [0.5, 0.6) is 0 Å². The van der Waals surface area contributed by atoms with Crippen LogP contribution in [0.2, 0.25) is 0 Å². The lowest BCUT2D eigenvalue weighted by molar-refractivity contribution is 0.878. The molecule has 2 rings (SSSR count). The molecule has 0 nitrogen and oxygen atoms in total. The molecule has 0 aliphatic carbocycles. The van der Waals surface area contributed by atoms with Gasteiger partial charge in [-0.15, -0.1) is 11.3 Å². The minimum atomic E-state index is 0.627. The fraction of sp³-hybridized carbons (Fsp3) is 0.429. The van der Waals surface area contributed by atoms with Crippen molar-refractivity contribution in [2.24, 2.45) is 0 Å². The van der Waals surface area contributed by atoms with Gasteiger partial charge in [-0.05, 0) is 40.8 Å². The molecule has 0 aliphatic heterocycles. The summed E-state index contributed by atoms with van der Waals surface area (Å²) in [4.78, 5) is 0. The lowest BCUT2D eigenvalue weighted by atomic mass is 10.00. The van der Waals surface area contributed by atoms with Crippen LogP contribution in [0.25, 0.3) is 10.1 Å². The first-order valence-corrected chi connectivity index (χ1v) is 6.55. The molecular formula is C14H20S. The van der Waals surface area contributed by atoms with Crippen LogP contribution in [0.15, 0.2) is 23.6 Å². The van der Waals surface area contributed by atoms with Crippen LogP contribution in [0.1, 0.15) is 44.7 Å². The maximum atomic E-state index is 2.26. The average molecular weight is 220 g/mol. The van der Waals surface area contributed by atoms with E-state index in [2.05, 4.69) is 44.4 Å². The molecule has 82 valence electrons. The minimum absolute atomic E-state index is 0.627. The van der Waals surface area contributed by atoms with E-state index in [-0.39, 0.29) is 0 Å². The van der Waals surface area contributed by atoms with E-state index in [9.17, 15) is 0 Å². The number of aryl methyl sites for hydroxylation is 1. The van der Waals surface area contributed by atoms with E-state index in [4.69, 9.17) is 0 Å². The molecule has 0 bridgehead atoms. The lowest BCUT2D eigenvalue weighted by Crippen LogP contribution is -1.87. The largest absolute Gasteiger partial charge is 0.144 e. The van der Waals surface area contributed by atoms with E-state index >= 15 is 0 Å². The smallest absolute Gasteiger partial charge is 0.0379 e. The molecule has 0 N–H and O–H groups in total. The number of rotatable bonds is 1. The van der Waals surface area contributed by atoms with Gasteiger partial charge in [0.1, 0.15) is 0 Å². The molecule has 0 spiro atoms. The van der Waals surface area contributed by atoms with Crippen molar-refractivity contribution in [1.29, 1.82) is 0 Å². The van der Waals surface area contributed by atoms with Crippen molar-refractivity contribution in [2.45, 2.75) is 40.5 Å². The van der Waals surface area contributed by atoms with Crippen molar-refractivity contribution in [3.63, 3.8) is 0 Å². The summed E-state index contributed by atoms with van der Waals surface area (Å²) in [6.45, 7) is 10.7. The highest BCUT2D eigenvalue weighted by Crippen LogP contribution is 2.31. The lowest BCUT2D eigenvalue weighted by Gasteiger charge is -2.07. The standard InChI is InChI=1S/C12H14S.C2H6/c1-8(2)10-5-4-9(3)11-6-7-13-12(10)11;1-2/h4-8H,1-3H3;1-2H3. The van der Waals surface area contributed by atoms with E-state index in [0.717, 1.165) is 0 Å². The third-order valence-electron chi connectivity index (χ3n) is 2.49. The molecular weight excluding hydrogens is 200 g/mol. The minimum Gasteiger partial charge on any atom is -0.144 e. The maximum Gasteiger partial charge on any atom is 0.0379 e. The number of thiophene rings is 1. The Kier molecular flexibility index (Phi) is 4.34. The van der Waals surface area contributed by atoms with Gasteiger partial charge in [-0.2, -0.15) is 0 Å². The van der Waals surface area contributed by atoms with Crippen LogP contribution in [0.3, 0.4) is 0 Å². The highest BCUT2D eigenvalue weighted by Gasteiger charge is 2.07. The molecule has 0 saturated carbocycles. The number of hydrogen-bond donors (Lipinski definition) is 0. The first-order valence-electron chi connectivity index (χ1n) is 5.67. The zero-order chi connectivity index (χ0) is 11.4. The Labute approximate surface area is 96.9 Å². The SMILES string of the molecule is CC.Cc1ccc(C(C)C)c2sccc12. The van der Waals surface area contributed by atoms with E-state index in [1.807, 2.05) is 25.2 Å². The quantitative estimate of drug-likeness (QED) is 0.607. The molecule has 1 aromatic heterocycles. The maximum absolute atomic E-state index is 2.26. The summed E-state index contributed by atoms with van der Waals surface area (Å²) >= 11 is 1.86. The monoisotopic (exact) mass is 220 g/mol. The Balaban J connectivity index is 0.000000531. The third-order valence-corrected chi connectivity index (χ3v) is 3.45. The van der Waals surface area contributed by atoms with Crippen molar-refractivity contribution < 1.29 is 0 Å². The molecule has 0 aliphatic rings. The normalized spacial score (nSPS) is 10.3. The van der Waals surface area contributed by atoms with Crippen LogP contribution in [-0.4, -0.2) is 0 Å². The Hall–Kier alpha value is -0.820. The second-order valence-corrected chi connectivity index (χ2v) is 4.71. The summed E-state index contributed by atoms with van der Waals surface area (Å²) in [5.41, 5.74) is 2.87. The van der Waals surface area contributed by atoms with Crippen LogP contribution in [0.4, 0.5) is 0 Å². The molecule has 15 heavy (non-hydrogen) atoms. The fourth-order valence-electron chi connectivity index (χ4n) is 1.68. The molecule has 1 aromatic carbocycles. The van der Waals surface area contributed by atoms with Crippen molar-refractivity contribution in [3.05, 3.63) is 34.7 Å². The predicted octanol–water partition coefficient (Wildman–Crippen LogP) is 5.36. The predicted molar refractivity (Wildman–Crippen MR) is 72.0 cm³/mol. The van der Waals surface area contributed by atoms with Crippen LogP contribution >= 0.6 is 11.3 Å². The number of hydrogen-bond acceptors (Lipinski definition) is 1. The van der Waals surface area contributed by atoms with Gasteiger partial charge < -0.3 is 0 Å². The molecule has 2 aromatic rings. The van der Waals surface area contributed by atoms with Crippen molar-refractivity contribution >= 4 is 21.4 Å². The first-order chi connectivity index (χ1) is 7.20. The van der Waals surface area contributed by atoms with Crippen LogP contribution < -0.4 is 0 Å². The van der Waals surface area contributed by atoms with Gasteiger partial charge in [0.2, 0.25) is 0 Å². The Morgan fingerprint density at radius 2 is 1.73 bits per heavy atom. The molecule has 0 atom stereocenters.